The van der Waals surface area contributed by atoms with Gasteiger partial charge in [0, 0.05) is 12.0 Å². The predicted octanol–water partition coefficient (Wildman–Crippen LogP) is 2.26. The highest BCUT2D eigenvalue weighted by Crippen LogP contribution is 2.29. The monoisotopic (exact) mass is 259 g/mol. The number of carbonyl (C=O) groups excluding carboxylic acids is 1. The van der Waals surface area contributed by atoms with Crippen molar-refractivity contribution in [2.75, 3.05) is 13.7 Å². The Bertz CT molecular complexity index is 425. The van der Waals surface area contributed by atoms with Crippen molar-refractivity contribution in [1.29, 1.82) is 0 Å². The van der Waals surface area contributed by atoms with E-state index in [0.717, 1.165) is 5.56 Å². The Morgan fingerprint density at radius 2 is 2.24 bits per heavy atom. The van der Waals surface area contributed by atoms with Gasteiger partial charge in [0.1, 0.15) is 5.82 Å². The summed E-state index contributed by atoms with van der Waals surface area (Å²) >= 11 is 5.72. The molecule has 0 spiro atoms. The van der Waals surface area contributed by atoms with E-state index in [2.05, 4.69) is 4.74 Å². The SMILES string of the molecule is COC(=O)CC(C)(CN)c1ccc(F)c(Cl)c1. The first-order valence-electron chi connectivity index (χ1n) is 5.15. The summed E-state index contributed by atoms with van der Waals surface area (Å²) in [6, 6.07) is 4.34. The molecule has 3 nitrogen and oxygen atoms in total. The van der Waals surface area contributed by atoms with E-state index >= 15 is 0 Å². The number of ether oxygens (including phenoxy) is 1. The molecule has 1 aromatic carbocycles. The van der Waals surface area contributed by atoms with Crippen LogP contribution in [0.2, 0.25) is 5.02 Å². The Hall–Kier alpha value is -1.13. The zero-order chi connectivity index (χ0) is 13.1. The highest BCUT2D eigenvalue weighted by molar-refractivity contribution is 6.30. The number of nitrogens with two attached hydrogens (primary N) is 1. The molecule has 94 valence electrons. The summed E-state index contributed by atoms with van der Waals surface area (Å²) in [6.07, 6.45) is 0.127. The standard InChI is InChI=1S/C12H15ClFNO2/c1-12(7-15,6-11(16)17-2)8-3-4-10(14)9(13)5-8/h3-5H,6-7,15H2,1-2H3. The lowest BCUT2D eigenvalue weighted by Crippen LogP contribution is -2.34. The van der Waals surface area contributed by atoms with Crippen molar-refractivity contribution in [2.45, 2.75) is 18.8 Å². The van der Waals surface area contributed by atoms with Crippen molar-refractivity contribution in [3.8, 4) is 0 Å². The smallest absolute Gasteiger partial charge is 0.306 e. The van der Waals surface area contributed by atoms with Gasteiger partial charge < -0.3 is 10.5 Å². The van der Waals surface area contributed by atoms with E-state index in [-0.39, 0.29) is 24.0 Å². The van der Waals surface area contributed by atoms with E-state index in [0.29, 0.717) is 0 Å². The van der Waals surface area contributed by atoms with Gasteiger partial charge in [-0.05, 0) is 17.7 Å². The minimum Gasteiger partial charge on any atom is -0.469 e. The summed E-state index contributed by atoms with van der Waals surface area (Å²) in [6.45, 7) is 2.05. The summed E-state index contributed by atoms with van der Waals surface area (Å²) in [7, 11) is 1.32. The third-order valence-electron chi connectivity index (χ3n) is 2.83. The molecule has 0 saturated heterocycles. The van der Waals surface area contributed by atoms with Crippen LogP contribution in [0.5, 0.6) is 0 Å². The predicted molar refractivity (Wildman–Crippen MR) is 64.4 cm³/mol. The Labute approximate surface area is 105 Å². The second-order valence-electron chi connectivity index (χ2n) is 4.15. The molecule has 0 aliphatic rings. The lowest BCUT2D eigenvalue weighted by Gasteiger charge is -2.27. The molecule has 17 heavy (non-hydrogen) atoms. The molecule has 0 amide bonds. The van der Waals surface area contributed by atoms with Crippen LogP contribution in [0.25, 0.3) is 0 Å². The van der Waals surface area contributed by atoms with Crippen molar-refractivity contribution in [2.24, 2.45) is 5.73 Å². The van der Waals surface area contributed by atoms with E-state index in [1.54, 1.807) is 6.07 Å². The molecule has 0 radical (unpaired) electrons. The second kappa shape index (κ2) is 5.47. The normalized spacial score (nSPS) is 14.2. The van der Waals surface area contributed by atoms with Gasteiger partial charge in [0.2, 0.25) is 0 Å². The molecule has 5 heteroatoms. The molecule has 1 aromatic rings. The molecule has 1 atom stereocenters. The maximum absolute atomic E-state index is 13.1. The van der Waals surface area contributed by atoms with E-state index in [1.165, 1.54) is 19.2 Å². The van der Waals surface area contributed by atoms with Gasteiger partial charge >= 0.3 is 5.97 Å². The maximum atomic E-state index is 13.1. The van der Waals surface area contributed by atoms with Crippen LogP contribution in [0.1, 0.15) is 18.9 Å². The summed E-state index contributed by atoms with van der Waals surface area (Å²) in [5, 5.41) is 0.0204. The van der Waals surface area contributed by atoms with Crippen LogP contribution in [0.3, 0.4) is 0 Å². The number of halogens is 2. The van der Waals surface area contributed by atoms with E-state index in [1.807, 2.05) is 6.92 Å². The van der Waals surface area contributed by atoms with Gasteiger partial charge in [0.05, 0.1) is 18.6 Å². The average Bonchev–Trinajstić information content (AvgIpc) is 2.32. The van der Waals surface area contributed by atoms with Gasteiger partial charge in [-0.25, -0.2) is 4.39 Å². The van der Waals surface area contributed by atoms with Crippen LogP contribution in [0, 0.1) is 5.82 Å². The molecule has 0 aliphatic carbocycles. The molecule has 2 N–H and O–H groups in total. The van der Waals surface area contributed by atoms with Crippen molar-refractivity contribution in [1.82, 2.24) is 0 Å². The first-order chi connectivity index (χ1) is 7.92. The van der Waals surface area contributed by atoms with Crippen LogP contribution in [0.4, 0.5) is 4.39 Å². The third-order valence-corrected chi connectivity index (χ3v) is 3.12. The lowest BCUT2D eigenvalue weighted by atomic mass is 9.79. The molecule has 0 aromatic heterocycles. The van der Waals surface area contributed by atoms with Crippen molar-refractivity contribution >= 4 is 17.6 Å². The Morgan fingerprint density at radius 3 is 2.71 bits per heavy atom. The molecule has 1 unspecified atom stereocenters. The van der Waals surface area contributed by atoms with Crippen molar-refractivity contribution < 1.29 is 13.9 Å². The van der Waals surface area contributed by atoms with Gasteiger partial charge in [-0.15, -0.1) is 0 Å². The van der Waals surface area contributed by atoms with Crippen LogP contribution in [-0.4, -0.2) is 19.6 Å². The first-order valence-corrected chi connectivity index (χ1v) is 5.53. The highest BCUT2D eigenvalue weighted by atomic mass is 35.5. The number of benzene rings is 1. The molecule has 0 aliphatic heterocycles. The quantitative estimate of drug-likeness (QED) is 0.844. The van der Waals surface area contributed by atoms with Crippen LogP contribution in [0.15, 0.2) is 18.2 Å². The Morgan fingerprint density at radius 1 is 1.59 bits per heavy atom. The summed E-state index contributed by atoms with van der Waals surface area (Å²) in [5.41, 5.74) is 5.80. The molecule has 0 bridgehead atoms. The van der Waals surface area contributed by atoms with Gasteiger partial charge in [-0.1, -0.05) is 24.6 Å². The molecule has 1 rings (SSSR count). The molecule has 0 heterocycles. The molecule has 0 fully saturated rings. The number of hydrogen-bond acceptors (Lipinski definition) is 3. The number of esters is 1. The van der Waals surface area contributed by atoms with Crippen molar-refractivity contribution in [3.63, 3.8) is 0 Å². The second-order valence-corrected chi connectivity index (χ2v) is 4.55. The van der Waals surface area contributed by atoms with E-state index in [9.17, 15) is 9.18 Å². The minimum absolute atomic E-state index is 0.0204. The van der Waals surface area contributed by atoms with E-state index in [4.69, 9.17) is 17.3 Å². The number of carbonyl (C=O) groups is 1. The highest BCUT2D eigenvalue weighted by Gasteiger charge is 2.29. The summed E-state index contributed by atoms with van der Waals surface area (Å²) in [4.78, 5) is 11.3. The number of hydrogen-bond donors (Lipinski definition) is 1. The minimum atomic E-state index is -0.607. The maximum Gasteiger partial charge on any atom is 0.306 e. The number of rotatable bonds is 4. The Balaban J connectivity index is 3.07. The third kappa shape index (κ3) is 3.17. The zero-order valence-corrected chi connectivity index (χ0v) is 10.6. The van der Waals surface area contributed by atoms with Crippen LogP contribution >= 0.6 is 11.6 Å². The fourth-order valence-corrected chi connectivity index (χ4v) is 1.73. The topological polar surface area (TPSA) is 52.3 Å². The van der Waals surface area contributed by atoms with Gasteiger partial charge in [-0.3, -0.25) is 4.79 Å². The van der Waals surface area contributed by atoms with Gasteiger partial charge in [-0.2, -0.15) is 0 Å². The fourth-order valence-electron chi connectivity index (χ4n) is 1.55. The van der Waals surface area contributed by atoms with Gasteiger partial charge in [0.15, 0.2) is 0 Å². The zero-order valence-electron chi connectivity index (χ0n) is 9.80. The van der Waals surface area contributed by atoms with Crippen molar-refractivity contribution in [3.05, 3.63) is 34.6 Å². The molecular weight excluding hydrogens is 245 g/mol. The summed E-state index contributed by atoms with van der Waals surface area (Å²) in [5.74, 6) is -0.855. The van der Waals surface area contributed by atoms with Crippen LogP contribution in [-0.2, 0) is 14.9 Å². The number of methoxy groups -OCH3 is 1. The Kier molecular flexibility index (Phi) is 4.48. The fraction of sp³-hybridized carbons (Fsp3) is 0.417. The summed E-state index contributed by atoms with van der Waals surface area (Å²) < 4.78 is 17.7. The van der Waals surface area contributed by atoms with Crippen LogP contribution < -0.4 is 5.73 Å². The largest absolute Gasteiger partial charge is 0.469 e. The molecular formula is C12H15ClFNO2. The first kappa shape index (κ1) is 13.9. The average molecular weight is 260 g/mol. The lowest BCUT2D eigenvalue weighted by molar-refractivity contribution is -0.141. The van der Waals surface area contributed by atoms with E-state index < -0.39 is 11.2 Å². The molecule has 0 saturated carbocycles. The van der Waals surface area contributed by atoms with Gasteiger partial charge in [0.25, 0.3) is 0 Å².